The zero-order valence-electron chi connectivity index (χ0n) is 13.4. The van der Waals surface area contributed by atoms with E-state index in [2.05, 4.69) is 17.1 Å². The standard InChI is InChI=1S/C17H32N2O/c1-3-15-10-6-4-9-13-19(15)16(20)14-17(18-2)11-7-5-8-12-17/h15,18H,3-14H2,1-2H3. The van der Waals surface area contributed by atoms with E-state index >= 15 is 0 Å². The van der Waals surface area contributed by atoms with Gasteiger partial charge in [-0.3, -0.25) is 4.79 Å². The van der Waals surface area contributed by atoms with Gasteiger partial charge in [0.1, 0.15) is 0 Å². The molecule has 1 unspecified atom stereocenters. The topological polar surface area (TPSA) is 32.3 Å². The molecule has 1 N–H and O–H groups in total. The van der Waals surface area contributed by atoms with Crippen LogP contribution < -0.4 is 5.32 Å². The van der Waals surface area contributed by atoms with Gasteiger partial charge in [0.05, 0.1) is 0 Å². The molecule has 0 radical (unpaired) electrons. The van der Waals surface area contributed by atoms with Crippen molar-refractivity contribution in [2.45, 2.75) is 89.1 Å². The van der Waals surface area contributed by atoms with E-state index in [-0.39, 0.29) is 5.54 Å². The molecular weight excluding hydrogens is 248 g/mol. The fourth-order valence-electron chi connectivity index (χ4n) is 4.06. The summed E-state index contributed by atoms with van der Waals surface area (Å²) < 4.78 is 0. The van der Waals surface area contributed by atoms with Gasteiger partial charge in [-0.2, -0.15) is 0 Å². The lowest BCUT2D eigenvalue weighted by molar-refractivity contribution is -0.135. The van der Waals surface area contributed by atoms with Crippen LogP contribution in [0.3, 0.4) is 0 Å². The first-order valence-electron chi connectivity index (χ1n) is 8.69. The maximum Gasteiger partial charge on any atom is 0.224 e. The van der Waals surface area contributed by atoms with Crippen LogP contribution in [0.1, 0.15) is 77.6 Å². The van der Waals surface area contributed by atoms with E-state index in [1.165, 1.54) is 57.8 Å². The number of hydrogen-bond acceptors (Lipinski definition) is 2. The molecule has 1 atom stereocenters. The largest absolute Gasteiger partial charge is 0.340 e. The van der Waals surface area contributed by atoms with E-state index in [1.807, 2.05) is 7.05 Å². The molecule has 3 nitrogen and oxygen atoms in total. The molecule has 1 amide bonds. The van der Waals surface area contributed by atoms with Gasteiger partial charge in [0, 0.05) is 24.5 Å². The monoisotopic (exact) mass is 280 g/mol. The predicted molar refractivity (Wildman–Crippen MR) is 83.8 cm³/mol. The van der Waals surface area contributed by atoms with E-state index in [1.54, 1.807) is 0 Å². The van der Waals surface area contributed by atoms with Crippen molar-refractivity contribution < 1.29 is 4.79 Å². The quantitative estimate of drug-likeness (QED) is 0.855. The Morgan fingerprint density at radius 1 is 1.15 bits per heavy atom. The Kier molecular flexibility index (Phi) is 5.88. The summed E-state index contributed by atoms with van der Waals surface area (Å²) in [6, 6.07) is 0.488. The first-order chi connectivity index (χ1) is 9.71. The van der Waals surface area contributed by atoms with Crippen molar-refractivity contribution in [1.29, 1.82) is 0 Å². The fraction of sp³-hybridized carbons (Fsp3) is 0.941. The van der Waals surface area contributed by atoms with Crippen molar-refractivity contribution in [1.82, 2.24) is 10.2 Å². The molecule has 3 heteroatoms. The highest BCUT2D eigenvalue weighted by atomic mass is 16.2. The molecule has 2 aliphatic rings. The maximum atomic E-state index is 12.8. The summed E-state index contributed by atoms with van der Waals surface area (Å²) in [6.45, 7) is 3.21. The molecule has 20 heavy (non-hydrogen) atoms. The summed E-state index contributed by atoms with van der Waals surface area (Å²) in [5.41, 5.74) is 0.0833. The third-order valence-electron chi connectivity index (χ3n) is 5.50. The van der Waals surface area contributed by atoms with Crippen LogP contribution in [0.15, 0.2) is 0 Å². The van der Waals surface area contributed by atoms with Gasteiger partial charge in [-0.25, -0.2) is 0 Å². The molecular formula is C17H32N2O. The first-order valence-corrected chi connectivity index (χ1v) is 8.69. The molecule has 2 fully saturated rings. The van der Waals surface area contributed by atoms with Crippen molar-refractivity contribution in [3.05, 3.63) is 0 Å². The normalized spacial score (nSPS) is 27.1. The molecule has 1 heterocycles. The van der Waals surface area contributed by atoms with E-state index in [0.717, 1.165) is 13.0 Å². The van der Waals surface area contributed by atoms with Crippen molar-refractivity contribution >= 4 is 5.91 Å². The number of likely N-dealkylation sites (tertiary alicyclic amines) is 1. The van der Waals surface area contributed by atoms with Gasteiger partial charge in [-0.15, -0.1) is 0 Å². The van der Waals surface area contributed by atoms with Gasteiger partial charge in [0.2, 0.25) is 5.91 Å². The molecule has 0 aromatic heterocycles. The first kappa shape index (κ1) is 15.8. The summed E-state index contributed by atoms with van der Waals surface area (Å²) in [4.78, 5) is 15.0. The van der Waals surface area contributed by atoms with Crippen molar-refractivity contribution in [3.8, 4) is 0 Å². The number of amides is 1. The van der Waals surface area contributed by atoms with Crippen LogP contribution in [-0.2, 0) is 4.79 Å². The Balaban J connectivity index is 2.00. The van der Waals surface area contributed by atoms with Crippen LogP contribution in [0.4, 0.5) is 0 Å². The second-order valence-corrected chi connectivity index (χ2v) is 6.77. The fourth-order valence-corrected chi connectivity index (χ4v) is 4.06. The summed E-state index contributed by atoms with van der Waals surface area (Å²) in [7, 11) is 2.04. The third kappa shape index (κ3) is 3.75. The van der Waals surface area contributed by atoms with Gasteiger partial charge in [-0.05, 0) is 39.2 Å². The molecule has 0 aromatic rings. The van der Waals surface area contributed by atoms with Crippen LogP contribution in [0.2, 0.25) is 0 Å². The van der Waals surface area contributed by atoms with Gasteiger partial charge in [0.25, 0.3) is 0 Å². The smallest absolute Gasteiger partial charge is 0.224 e. The highest BCUT2D eigenvalue weighted by Crippen LogP contribution is 2.32. The Morgan fingerprint density at radius 2 is 1.85 bits per heavy atom. The maximum absolute atomic E-state index is 12.8. The minimum absolute atomic E-state index is 0.0833. The Morgan fingerprint density at radius 3 is 2.50 bits per heavy atom. The van der Waals surface area contributed by atoms with Crippen LogP contribution in [0, 0.1) is 0 Å². The van der Waals surface area contributed by atoms with Crippen LogP contribution in [0.25, 0.3) is 0 Å². The molecule has 116 valence electrons. The predicted octanol–water partition coefficient (Wildman–Crippen LogP) is 3.48. The molecule has 1 saturated carbocycles. The lowest BCUT2D eigenvalue weighted by atomic mass is 9.79. The number of nitrogens with one attached hydrogen (secondary N) is 1. The van der Waals surface area contributed by atoms with Crippen molar-refractivity contribution in [3.63, 3.8) is 0 Å². The second kappa shape index (κ2) is 7.44. The average Bonchev–Trinajstić information content (AvgIpc) is 2.73. The zero-order valence-corrected chi connectivity index (χ0v) is 13.4. The van der Waals surface area contributed by atoms with Gasteiger partial charge < -0.3 is 10.2 Å². The molecule has 1 aliphatic carbocycles. The highest BCUT2D eigenvalue weighted by Gasteiger charge is 2.35. The SMILES string of the molecule is CCC1CCCCCN1C(=O)CC1(NC)CCCCC1. The van der Waals surface area contributed by atoms with Crippen molar-refractivity contribution in [2.24, 2.45) is 0 Å². The number of rotatable bonds is 4. The molecule has 0 bridgehead atoms. The van der Waals surface area contributed by atoms with E-state index in [4.69, 9.17) is 0 Å². The minimum Gasteiger partial charge on any atom is -0.340 e. The Hall–Kier alpha value is -0.570. The number of nitrogens with zero attached hydrogens (tertiary/aromatic N) is 1. The summed E-state index contributed by atoms with van der Waals surface area (Å²) >= 11 is 0. The van der Waals surface area contributed by atoms with E-state index in [9.17, 15) is 4.79 Å². The average molecular weight is 280 g/mol. The van der Waals surface area contributed by atoms with Crippen LogP contribution >= 0.6 is 0 Å². The number of carbonyl (C=O) groups is 1. The minimum atomic E-state index is 0.0833. The zero-order chi connectivity index (χ0) is 14.4. The van der Waals surface area contributed by atoms with Gasteiger partial charge in [0.15, 0.2) is 0 Å². The molecule has 1 aliphatic heterocycles. The summed E-state index contributed by atoms with van der Waals surface area (Å²) in [6.07, 6.45) is 13.0. The van der Waals surface area contributed by atoms with Crippen LogP contribution in [-0.4, -0.2) is 36.0 Å². The third-order valence-corrected chi connectivity index (χ3v) is 5.50. The molecule has 1 saturated heterocycles. The van der Waals surface area contributed by atoms with E-state index < -0.39 is 0 Å². The van der Waals surface area contributed by atoms with E-state index in [0.29, 0.717) is 18.4 Å². The molecule has 0 spiro atoms. The molecule has 2 rings (SSSR count). The molecule has 0 aromatic carbocycles. The lowest BCUT2D eigenvalue weighted by Gasteiger charge is -2.39. The number of hydrogen-bond donors (Lipinski definition) is 1. The summed E-state index contributed by atoms with van der Waals surface area (Å²) in [5.74, 6) is 0.398. The highest BCUT2D eigenvalue weighted by molar-refractivity contribution is 5.78. The van der Waals surface area contributed by atoms with Crippen molar-refractivity contribution in [2.75, 3.05) is 13.6 Å². The van der Waals surface area contributed by atoms with Gasteiger partial charge in [-0.1, -0.05) is 39.0 Å². The Bertz CT molecular complexity index is 310. The van der Waals surface area contributed by atoms with Gasteiger partial charge >= 0.3 is 0 Å². The summed E-state index contributed by atoms with van der Waals surface area (Å²) in [5, 5.41) is 3.49. The lowest BCUT2D eigenvalue weighted by Crippen LogP contribution is -2.50. The second-order valence-electron chi connectivity index (χ2n) is 6.77. The van der Waals surface area contributed by atoms with Crippen LogP contribution in [0.5, 0.6) is 0 Å². The number of carbonyl (C=O) groups excluding carboxylic acids is 1. The Labute approximate surface area is 124 Å².